The highest BCUT2D eigenvalue weighted by Crippen LogP contribution is 2.65. The number of ether oxygens (including phenoxy) is 2. The third kappa shape index (κ3) is 2.47. The molecule has 4 heteroatoms. The minimum atomic E-state index is -0.529. The normalized spacial score (nSPS) is 41.7. The molecule has 0 radical (unpaired) electrons. The number of hydrogen-bond donors (Lipinski definition) is 0. The van der Waals surface area contributed by atoms with Crippen molar-refractivity contribution in [3.8, 4) is 6.07 Å². The molecule has 1 aromatic rings. The smallest absolute Gasteiger partial charge is 0.172 e. The van der Waals surface area contributed by atoms with Crippen molar-refractivity contribution < 1.29 is 13.9 Å². The second kappa shape index (κ2) is 6.39. The summed E-state index contributed by atoms with van der Waals surface area (Å²) in [5.74, 6) is 0.594. The molecule has 1 saturated heterocycles. The predicted molar refractivity (Wildman–Crippen MR) is 98.1 cm³/mol. The molecule has 4 rings (SSSR count). The molecule has 0 amide bonds. The quantitative estimate of drug-likeness (QED) is 0.768. The van der Waals surface area contributed by atoms with Crippen molar-refractivity contribution in [2.45, 2.75) is 65.1 Å². The van der Waals surface area contributed by atoms with E-state index in [4.69, 9.17) is 13.9 Å². The van der Waals surface area contributed by atoms with Gasteiger partial charge in [0.2, 0.25) is 0 Å². The van der Waals surface area contributed by atoms with E-state index in [1.807, 2.05) is 6.26 Å². The number of hydrogen-bond acceptors (Lipinski definition) is 4. The third-order valence-corrected chi connectivity index (χ3v) is 8.27. The highest BCUT2D eigenvalue weighted by molar-refractivity contribution is 5.19. The molecule has 2 saturated carbocycles. The standard InChI is InChI=1S/C22H31NO3/c1-16-4-9-21(15-23)17(2)22(25-12-13-26-22)10-6-19(21)20(16,3)8-5-18-7-11-24-14-18/h7,11,14,16-17,19H,4-6,8-10,12-13H2,1-3H3/t16-,17+,19-,20+,21-/m1/s1. The van der Waals surface area contributed by atoms with E-state index >= 15 is 0 Å². The average molecular weight is 357 g/mol. The number of rotatable bonds is 3. The molecule has 1 aromatic heterocycles. The van der Waals surface area contributed by atoms with Crippen LogP contribution in [0.25, 0.3) is 0 Å². The zero-order valence-electron chi connectivity index (χ0n) is 16.3. The average Bonchev–Trinajstić information content (AvgIpc) is 3.33. The van der Waals surface area contributed by atoms with Gasteiger partial charge in [0.1, 0.15) is 0 Å². The number of aryl methyl sites for hydroxylation is 1. The molecule has 0 N–H and O–H groups in total. The lowest BCUT2D eigenvalue weighted by molar-refractivity contribution is -0.263. The van der Waals surface area contributed by atoms with Gasteiger partial charge in [-0.1, -0.05) is 20.8 Å². The van der Waals surface area contributed by atoms with Gasteiger partial charge in [-0.3, -0.25) is 0 Å². The molecule has 4 nitrogen and oxygen atoms in total. The Morgan fingerprint density at radius 2 is 1.96 bits per heavy atom. The Balaban J connectivity index is 1.65. The molecular formula is C22H31NO3. The van der Waals surface area contributed by atoms with Crippen LogP contribution in [0.3, 0.4) is 0 Å². The molecule has 0 bridgehead atoms. The predicted octanol–water partition coefficient (Wildman–Crippen LogP) is 4.95. The largest absolute Gasteiger partial charge is 0.472 e. The van der Waals surface area contributed by atoms with E-state index in [0.29, 0.717) is 25.0 Å². The fourth-order valence-corrected chi connectivity index (χ4v) is 6.32. The lowest BCUT2D eigenvalue weighted by Crippen LogP contribution is -2.60. The van der Waals surface area contributed by atoms with Crippen molar-refractivity contribution in [3.05, 3.63) is 24.2 Å². The van der Waals surface area contributed by atoms with Crippen LogP contribution in [-0.2, 0) is 15.9 Å². The SMILES string of the molecule is C[C@@H]1CC[C@@]2(C#N)[C@H](C)C3(CC[C@@H]2[C@@]1(C)CCc1ccoc1)OCCO3. The molecule has 2 heterocycles. The van der Waals surface area contributed by atoms with Gasteiger partial charge < -0.3 is 13.9 Å². The summed E-state index contributed by atoms with van der Waals surface area (Å²) in [6.45, 7) is 8.32. The minimum Gasteiger partial charge on any atom is -0.472 e. The first kappa shape index (κ1) is 18.1. The van der Waals surface area contributed by atoms with E-state index in [0.717, 1.165) is 38.5 Å². The summed E-state index contributed by atoms with van der Waals surface area (Å²) in [5.41, 5.74) is 1.06. The van der Waals surface area contributed by atoms with E-state index in [1.54, 1.807) is 6.26 Å². The Labute approximate surface area is 156 Å². The van der Waals surface area contributed by atoms with E-state index < -0.39 is 5.79 Å². The van der Waals surface area contributed by atoms with Crippen molar-refractivity contribution in [2.24, 2.45) is 28.6 Å². The topological polar surface area (TPSA) is 55.4 Å². The van der Waals surface area contributed by atoms with E-state index in [2.05, 4.69) is 32.9 Å². The molecule has 3 fully saturated rings. The van der Waals surface area contributed by atoms with Gasteiger partial charge in [-0.15, -0.1) is 0 Å². The van der Waals surface area contributed by atoms with Gasteiger partial charge in [-0.2, -0.15) is 5.26 Å². The van der Waals surface area contributed by atoms with Crippen LogP contribution in [0.1, 0.15) is 58.4 Å². The fourth-order valence-electron chi connectivity index (χ4n) is 6.32. The molecule has 3 aliphatic rings. The molecule has 0 unspecified atom stereocenters. The van der Waals surface area contributed by atoms with Crippen LogP contribution in [0.5, 0.6) is 0 Å². The van der Waals surface area contributed by atoms with Crippen LogP contribution >= 0.6 is 0 Å². The number of fused-ring (bicyclic) bond motifs is 1. The lowest BCUT2D eigenvalue weighted by atomic mass is 9.43. The van der Waals surface area contributed by atoms with E-state index in [9.17, 15) is 5.26 Å². The van der Waals surface area contributed by atoms with E-state index in [1.165, 1.54) is 5.56 Å². The van der Waals surface area contributed by atoms with Crippen LogP contribution in [-0.4, -0.2) is 19.0 Å². The van der Waals surface area contributed by atoms with Crippen LogP contribution in [0.4, 0.5) is 0 Å². The highest BCUT2D eigenvalue weighted by atomic mass is 16.7. The van der Waals surface area contributed by atoms with Gasteiger partial charge in [0.25, 0.3) is 0 Å². The Morgan fingerprint density at radius 1 is 1.19 bits per heavy atom. The van der Waals surface area contributed by atoms with Crippen molar-refractivity contribution >= 4 is 0 Å². The molecule has 142 valence electrons. The highest BCUT2D eigenvalue weighted by Gasteiger charge is 2.65. The van der Waals surface area contributed by atoms with Gasteiger partial charge >= 0.3 is 0 Å². The molecule has 26 heavy (non-hydrogen) atoms. The Morgan fingerprint density at radius 3 is 2.62 bits per heavy atom. The van der Waals surface area contributed by atoms with Crippen molar-refractivity contribution in [1.82, 2.24) is 0 Å². The number of nitrogens with zero attached hydrogens (tertiary/aromatic N) is 1. The summed E-state index contributed by atoms with van der Waals surface area (Å²) in [5, 5.41) is 10.4. The summed E-state index contributed by atoms with van der Waals surface area (Å²) in [7, 11) is 0. The maximum Gasteiger partial charge on any atom is 0.172 e. The maximum atomic E-state index is 10.4. The Kier molecular flexibility index (Phi) is 4.44. The Bertz CT molecular complexity index is 672. The van der Waals surface area contributed by atoms with Gasteiger partial charge in [-0.25, -0.2) is 0 Å². The van der Waals surface area contributed by atoms with Crippen molar-refractivity contribution in [2.75, 3.05) is 13.2 Å². The van der Waals surface area contributed by atoms with Gasteiger partial charge in [-0.05, 0) is 61.0 Å². The molecule has 1 aliphatic heterocycles. The van der Waals surface area contributed by atoms with Crippen molar-refractivity contribution in [3.63, 3.8) is 0 Å². The zero-order valence-corrected chi connectivity index (χ0v) is 16.3. The summed E-state index contributed by atoms with van der Waals surface area (Å²) in [6.07, 6.45) is 9.72. The van der Waals surface area contributed by atoms with Gasteiger partial charge in [0, 0.05) is 12.3 Å². The first-order chi connectivity index (χ1) is 12.5. The van der Waals surface area contributed by atoms with Gasteiger partial charge in [0.15, 0.2) is 5.79 Å². The summed E-state index contributed by atoms with van der Waals surface area (Å²) in [4.78, 5) is 0. The second-order valence-corrected chi connectivity index (χ2v) is 9.05. The third-order valence-electron chi connectivity index (χ3n) is 8.27. The molecule has 0 aromatic carbocycles. The van der Waals surface area contributed by atoms with Crippen LogP contribution < -0.4 is 0 Å². The monoisotopic (exact) mass is 357 g/mol. The summed E-state index contributed by atoms with van der Waals surface area (Å²) >= 11 is 0. The van der Waals surface area contributed by atoms with Crippen molar-refractivity contribution in [1.29, 1.82) is 5.26 Å². The maximum absolute atomic E-state index is 10.4. The summed E-state index contributed by atoms with van der Waals surface area (Å²) in [6, 6.07) is 4.87. The Hall–Kier alpha value is -1.31. The minimum absolute atomic E-state index is 0.113. The number of furan rings is 1. The second-order valence-electron chi connectivity index (χ2n) is 9.05. The first-order valence-corrected chi connectivity index (χ1v) is 10.2. The number of nitriles is 1. The first-order valence-electron chi connectivity index (χ1n) is 10.2. The van der Waals surface area contributed by atoms with E-state index in [-0.39, 0.29) is 16.7 Å². The van der Waals surface area contributed by atoms with Crippen LogP contribution in [0.15, 0.2) is 23.0 Å². The zero-order chi connectivity index (χ0) is 18.4. The molecule has 2 aliphatic carbocycles. The summed E-state index contributed by atoms with van der Waals surface area (Å²) < 4.78 is 17.5. The lowest BCUT2D eigenvalue weighted by Gasteiger charge is -2.61. The molecule has 5 atom stereocenters. The molecule has 1 spiro atoms. The van der Waals surface area contributed by atoms with Crippen LogP contribution in [0.2, 0.25) is 0 Å². The molecular weight excluding hydrogens is 326 g/mol. The fraction of sp³-hybridized carbons (Fsp3) is 0.773. The van der Waals surface area contributed by atoms with Crippen LogP contribution in [0, 0.1) is 39.9 Å². The van der Waals surface area contributed by atoms with Gasteiger partial charge in [0.05, 0.1) is 37.2 Å².